The first-order valence-electron chi connectivity index (χ1n) is 5.60. The number of hydrogen-bond acceptors (Lipinski definition) is 2. The van der Waals surface area contributed by atoms with Crippen molar-refractivity contribution in [1.29, 1.82) is 0 Å². The largest absolute Gasteiger partial charge is 0.337 e. The molecule has 2 N–H and O–H groups in total. The molecule has 0 spiro atoms. The quantitative estimate of drug-likeness (QED) is 0.744. The monoisotopic (exact) mass is 246 g/mol. The van der Waals surface area contributed by atoms with E-state index in [9.17, 15) is 9.59 Å². The van der Waals surface area contributed by atoms with E-state index in [-0.39, 0.29) is 5.41 Å². The Morgan fingerprint density at radius 1 is 1.31 bits per heavy atom. The van der Waals surface area contributed by atoms with Gasteiger partial charge in [-0.05, 0) is 31.1 Å². The summed E-state index contributed by atoms with van der Waals surface area (Å²) in [5.41, 5.74) is 0.243. The van der Waals surface area contributed by atoms with E-state index in [0.29, 0.717) is 12.5 Å². The zero-order valence-electron chi connectivity index (χ0n) is 9.97. The zero-order valence-corrected chi connectivity index (χ0v) is 10.7. The van der Waals surface area contributed by atoms with Crippen LogP contribution in [0.4, 0.5) is 4.79 Å². The van der Waals surface area contributed by atoms with Gasteiger partial charge in [0.25, 0.3) is 0 Å². The lowest BCUT2D eigenvalue weighted by Crippen LogP contribution is -2.44. The molecule has 5 heteroatoms. The molecule has 1 atom stereocenters. The predicted molar refractivity (Wildman–Crippen MR) is 63.4 cm³/mol. The van der Waals surface area contributed by atoms with Crippen LogP contribution in [-0.2, 0) is 4.79 Å². The molecule has 1 saturated carbocycles. The number of carbonyl (C=O) groups excluding carboxylic acids is 2. The van der Waals surface area contributed by atoms with Gasteiger partial charge in [0, 0.05) is 6.54 Å². The number of nitrogens with one attached hydrogen (secondary N) is 2. The summed E-state index contributed by atoms with van der Waals surface area (Å²) in [5, 5.41) is 4.23. The molecule has 1 aliphatic carbocycles. The lowest BCUT2D eigenvalue weighted by molar-refractivity contribution is -0.119. The maximum absolute atomic E-state index is 11.4. The Bertz CT molecular complexity index is 286. The minimum Gasteiger partial charge on any atom is -0.337 e. The number of urea groups is 1. The fraction of sp³-hybridized carbons (Fsp3) is 0.818. The van der Waals surface area contributed by atoms with Gasteiger partial charge in [-0.3, -0.25) is 10.1 Å². The normalized spacial score (nSPS) is 19.1. The third-order valence-corrected chi connectivity index (χ3v) is 3.51. The summed E-state index contributed by atoms with van der Waals surface area (Å²) >= 11 is 5.53. The second kappa shape index (κ2) is 5.04. The van der Waals surface area contributed by atoms with Gasteiger partial charge in [0.1, 0.15) is 5.38 Å². The van der Waals surface area contributed by atoms with Crippen molar-refractivity contribution in [2.24, 2.45) is 11.3 Å². The minimum atomic E-state index is -0.689. The van der Waals surface area contributed by atoms with Crippen molar-refractivity contribution in [2.75, 3.05) is 6.54 Å². The van der Waals surface area contributed by atoms with Gasteiger partial charge in [0.15, 0.2) is 0 Å². The minimum absolute atomic E-state index is 0.243. The molecule has 1 aliphatic rings. The first kappa shape index (κ1) is 13.3. The van der Waals surface area contributed by atoms with Crippen LogP contribution in [0.15, 0.2) is 0 Å². The number of imide groups is 1. The van der Waals surface area contributed by atoms with Crippen molar-refractivity contribution in [3.05, 3.63) is 0 Å². The Balaban J connectivity index is 2.28. The van der Waals surface area contributed by atoms with E-state index in [2.05, 4.69) is 24.5 Å². The maximum atomic E-state index is 11.4. The molecular formula is C11H19ClN2O2. The summed E-state index contributed by atoms with van der Waals surface area (Å²) in [4.78, 5) is 22.5. The summed E-state index contributed by atoms with van der Waals surface area (Å²) in [6.45, 7) is 6.46. The van der Waals surface area contributed by atoms with Gasteiger partial charge < -0.3 is 5.32 Å². The molecule has 0 saturated heterocycles. The second-order valence-electron chi connectivity index (χ2n) is 4.81. The lowest BCUT2D eigenvalue weighted by Gasteiger charge is -2.20. The van der Waals surface area contributed by atoms with Crippen molar-refractivity contribution >= 4 is 23.5 Å². The SMILES string of the molecule is CC(Cl)C(=O)NC(=O)NCC1(C(C)C)CC1. The highest BCUT2D eigenvalue weighted by atomic mass is 35.5. The molecule has 92 valence electrons. The molecule has 0 aromatic carbocycles. The summed E-state index contributed by atoms with van der Waals surface area (Å²) in [5.74, 6) is 0.0870. The fourth-order valence-corrected chi connectivity index (χ4v) is 1.69. The smallest absolute Gasteiger partial charge is 0.321 e. The predicted octanol–water partition coefficient (Wildman–Crippen LogP) is 1.88. The average Bonchev–Trinajstić information content (AvgIpc) is 2.95. The standard InChI is InChI=1S/C11H19ClN2O2/c1-7(2)11(4-5-11)6-13-10(16)14-9(15)8(3)12/h7-8H,4-6H2,1-3H3,(H2,13,14,15,16). The maximum Gasteiger partial charge on any atom is 0.321 e. The summed E-state index contributed by atoms with van der Waals surface area (Å²) < 4.78 is 0. The van der Waals surface area contributed by atoms with E-state index in [0.717, 1.165) is 12.8 Å². The Hall–Kier alpha value is -0.770. The number of alkyl halides is 1. The number of halogens is 1. The van der Waals surface area contributed by atoms with Gasteiger partial charge in [0.2, 0.25) is 5.91 Å². The van der Waals surface area contributed by atoms with Crippen LogP contribution >= 0.6 is 11.6 Å². The van der Waals surface area contributed by atoms with Crippen LogP contribution in [0.25, 0.3) is 0 Å². The van der Waals surface area contributed by atoms with Crippen molar-refractivity contribution in [3.63, 3.8) is 0 Å². The molecule has 0 aliphatic heterocycles. The first-order valence-corrected chi connectivity index (χ1v) is 6.04. The van der Waals surface area contributed by atoms with Gasteiger partial charge in [-0.15, -0.1) is 11.6 Å². The Morgan fingerprint density at radius 3 is 2.25 bits per heavy atom. The van der Waals surface area contributed by atoms with Crippen LogP contribution in [0.1, 0.15) is 33.6 Å². The average molecular weight is 247 g/mol. The van der Waals surface area contributed by atoms with Crippen LogP contribution in [0.5, 0.6) is 0 Å². The Kier molecular flexibility index (Phi) is 4.19. The van der Waals surface area contributed by atoms with Gasteiger partial charge in [-0.1, -0.05) is 13.8 Å². The van der Waals surface area contributed by atoms with Crippen LogP contribution in [0, 0.1) is 11.3 Å². The summed E-state index contributed by atoms with van der Waals surface area (Å²) in [6.07, 6.45) is 2.29. The van der Waals surface area contributed by atoms with Crippen LogP contribution < -0.4 is 10.6 Å². The number of carbonyl (C=O) groups is 2. The molecule has 0 bridgehead atoms. The third kappa shape index (κ3) is 3.37. The van der Waals surface area contributed by atoms with E-state index >= 15 is 0 Å². The first-order chi connectivity index (χ1) is 7.37. The number of hydrogen-bond donors (Lipinski definition) is 2. The Morgan fingerprint density at radius 2 is 1.88 bits per heavy atom. The molecule has 0 heterocycles. The molecule has 0 radical (unpaired) electrons. The van der Waals surface area contributed by atoms with Gasteiger partial charge in [0.05, 0.1) is 0 Å². The van der Waals surface area contributed by atoms with E-state index in [1.165, 1.54) is 6.92 Å². The highest BCUT2D eigenvalue weighted by Crippen LogP contribution is 2.51. The highest BCUT2D eigenvalue weighted by Gasteiger charge is 2.45. The summed E-state index contributed by atoms with van der Waals surface area (Å²) in [6, 6.07) is -0.454. The molecule has 1 unspecified atom stereocenters. The molecule has 4 nitrogen and oxygen atoms in total. The van der Waals surface area contributed by atoms with Crippen LogP contribution in [0.3, 0.4) is 0 Å². The van der Waals surface area contributed by atoms with Crippen molar-refractivity contribution < 1.29 is 9.59 Å². The molecule has 0 aromatic heterocycles. The molecule has 1 fully saturated rings. The van der Waals surface area contributed by atoms with E-state index in [1.54, 1.807) is 0 Å². The molecule has 1 rings (SSSR count). The topological polar surface area (TPSA) is 58.2 Å². The zero-order chi connectivity index (χ0) is 12.3. The van der Waals surface area contributed by atoms with Crippen LogP contribution in [0.2, 0.25) is 0 Å². The molecule has 16 heavy (non-hydrogen) atoms. The fourth-order valence-electron chi connectivity index (χ4n) is 1.63. The van der Waals surface area contributed by atoms with Crippen LogP contribution in [-0.4, -0.2) is 23.9 Å². The van der Waals surface area contributed by atoms with E-state index in [1.807, 2.05) is 0 Å². The van der Waals surface area contributed by atoms with Crippen molar-refractivity contribution in [3.8, 4) is 0 Å². The lowest BCUT2D eigenvalue weighted by atomic mass is 9.92. The van der Waals surface area contributed by atoms with Gasteiger partial charge >= 0.3 is 6.03 Å². The van der Waals surface area contributed by atoms with E-state index in [4.69, 9.17) is 11.6 Å². The Labute approximate surface area is 101 Å². The van der Waals surface area contributed by atoms with Crippen molar-refractivity contribution in [1.82, 2.24) is 10.6 Å². The highest BCUT2D eigenvalue weighted by molar-refractivity contribution is 6.31. The molecule has 0 aromatic rings. The van der Waals surface area contributed by atoms with E-state index < -0.39 is 17.3 Å². The number of rotatable bonds is 4. The third-order valence-electron chi connectivity index (χ3n) is 3.32. The van der Waals surface area contributed by atoms with Gasteiger partial charge in [-0.25, -0.2) is 4.79 Å². The second-order valence-corrected chi connectivity index (χ2v) is 5.46. The van der Waals surface area contributed by atoms with Crippen molar-refractivity contribution in [2.45, 2.75) is 39.0 Å². The summed E-state index contributed by atoms with van der Waals surface area (Å²) in [7, 11) is 0. The number of amides is 3. The van der Waals surface area contributed by atoms with Gasteiger partial charge in [-0.2, -0.15) is 0 Å². The molecule has 3 amide bonds. The molecular weight excluding hydrogens is 228 g/mol.